The number of thiophene rings is 1. The lowest BCUT2D eigenvalue weighted by molar-refractivity contribution is -0.122. The van der Waals surface area contributed by atoms with Crippen LogP contribution in [0.4, 0.5) is 5.69 Å². The Bertz CT molecular complexity index is 607. The molecule has 0 atom stereocenters. The number of hydrogen-bond acceptors (Lipinski definition) is 4. The van der Waals surface area contributed by atoms with E-state index in [4.69, 9.17) is 4.74 Å². The summed E-state index contributed by atoms with van der Waals surface area (Å²) in [6.07, 6.45) is 1.63. The fourth-order valence-corrected chi connectivity index (χ4v) is 4.15. The molecule has 1 N–H and O–H groups in total. The van der Waals surface area contributed by atoms with Crippen molar-refractivity contribution in [1.82, 2.24) is 0 Å². The summed E-state index contributed by atoms with van der Waals surface area (Å²) in [6.45, 7) is 1.37. The number of amides is 1. The van der Waals surface area contributed by atoms with Gasteiger partial charge in [0.15, 0.2) is 0 Å². The molecule has 116 valence electrons. The Morgan fingerprint density at radius 2 is 2.09 bits per heavy atom. The molecule has 0 aliphatic carbocycles. The summed E-state index contributed by atoms with van der Waals surface area (Å²) >= 11 is 3.47. The normalized spacial score (nSPS) is 15.6. The highest BCUT2D eigenvalue weighted by Gasteiger charge is 2.22. The second kappa shape index (κ2) is 7.81. The van der Waals surface area contributed by atoms with Gasteiger partial charge < -0.3 is 10.1 Å². The van der Waals surface area contributed by atoms with Crippen molar-refractivity contribution in [2.75, 3.05) is 18.5 Å². The highest BCUT2D eigenvalue weighted by molar-refractivity contribution is 7.98. The van der Waals surface area contributed by atoms with Crippen molar-refractivity contribution in [2.24, 2.45) is 5.92 Å². The summed E-state index contributed by atoms with van der Waals surface area (Å²) in [4.78, 5) is 13.5. The Hall–Kier alpha value is -1.30. The van der Waals surface area contributed by atoms with Crippen LogP contribution in [0.5, 0.6) is 0 Å². The third-order valence-corrected chi connectivity index (χ3v) is 5.59. The van der Waals surface area contributed by atoms with Crippen LogP contribution in [0.25, 0.3) is 0 Å². The van der Waals surface area contributed by atoms with E-state index >= 15 is 0 Å². The molecule has 3 rings (SSSR count). The van der Waals surface area contributed by atoms with Crippen LogP contribution in [0.1, 0.15) is 18.4 Å². The molecule has 1 amide bonds. The summed E-state index contributed by atoms with van der Waals surface area (Å²) in [5, 5.41) is 7.35. The van der Waals surface area contributed by atoms with E-state index in [2.05, 4.69) is 28.2 Å². The molecule has 0 saturated carbocycles. The van der Waals surface area contributed by atoms with Gasteiger partial charge in [0.1, 0.15) is 0 Å². The van der Waals surface area contributed by atoms with Crippen molar-refractivity contribution < 1.29 is 9.53 Å². The predicted molar refractivity (Wildman–Crippen MR) is 92.5 cm³/mol. The molecule has 3 nitrogen and oxygen atoms in total. The fraction of sp³-hybridized carbons (Fsp3) is 0.353. The quantitative estimate of drug-likeness (QED) is 0.824. The van der Waals surface area contributed by atoms with E-state index in [0.29, 0.717) is 13.2 Å². The number of benzene rings is 1. The molecule has 2 heterocycles. The van der Waals surface area contributed by atoms with Gasteiger partial charge in [-0.1, -0.05) is 12.1 Å². The number of thioether (sulfide) groups is 1. The minimum Gasteiger partial charge on any atom is -0.381 e. The second-order valence-electron chi connectivity index (χ2n) is 5.29. The number of rotatable bonds is 5. The molecular formula is C17H19NO2S2. The van der Waals surface area contributed by atoms with Gasteiger partial charge in [0, 0.05) is 29.8 Å². The Morgan fingerprint density at radius 1 is 1.27 bits per heavy atom. The molecule has 1 aliphatic rings. The molecule has 1 saturated heterocycles. The summed E-state index contributed by atoms with van der Waals surface area (Å²) in [5.74, 6) is 1.11. The zero-order valence-electron chi connectivity index (χ0n) is 12.3. The van der Waals surface area contributed by atoms with Gasteiger partial charge in [0.25, 0.3) is 0 Å². The lowest BCUT2D eigenvalue weighted by Crippen LogP contribution is -2.28. The van der Waals surface area contributed by atoms with Gasteiger partial charge in [-0.2, -0.15) is 11.3 Å². The lowest BCUT2D eigenvalue weighted by atomic mass is 9.99. The van der Waals surface area contributed by atoms with Crippen molar-refractivity contribution in [3.05, 3.63) is 46.7 Å². The minimum atomic E-state index is 0.0729. The first kappa shape index (κ1) is 15.6. The fourth-order valence-electron chi connectivity index (χ4n) is 2.43. The third kappa shape index (κ3) is 4.12. The van der Waals surface area contributed by atoms with E-state index in [1.54, 1.807) is 23.1 Å². The topological polar surface area (TPSA) is 38.3 Å². The molecular weight excluding hydrogens is 314 g/mol. The van der Waals surface area contributed by atoms with Crippen molar-refractivity contribution in [3.63, 3.8) is 0 Å². The van der Waals surface area contributed by atoms with Crippen LogP contribution in [0, 0.1) is 5.92 Å². The number of nitrogens with one attached hydrogen (secondary N) is 1. The maximum Gasteiger partial charge on any atom is 0.227 e. The molecule has 22 heavy (non-hydrogen) atoms. The first-order valence-corrected chi connectivity index (χ1v) is 9.37. The van der Waals surface area contributed by atoms with Gasteiger partial charge in [-0.25, -0.2) is 0 Å². The van der Waals surface area contributed by atoms with E-state index in [1.165, 1.54) is 5.56 Å². The summed E-state index contributed by atoms with van der Waals surface area (Å²) in [7, 11) is 0. The average molecular weight is 333 g/mol. The van der Waals surface area contributed by atoms with E-state index in [0.717, 1.165) is 29.2 Å². The highest BCUT2D eigenvalue weighted by atomic mass is 32.2. The van der Waals surface area contributed by atoms with Gasteiger partial charge in [-0.15, -0.1) is 11.8 Å². The summed E-state index contributed by atoms with van der Waals surface area (Å²) < 4.78 is 5.32. The van der Waals surface area contributed by atoms with Gasteiger partial charge >= 0.3 is 0 Å². The van der Waals surface area contributed by atoms with Crippen molar-refractivity contribution >= 4 is 34.7 Å². The van der Waals surface area contributed by atoms with Crippen LogP contribution in [-0.4, -0.2) is 19.1 Å². The Labute approximate surface area is 139 Å². The Balaban J connectivity index is 1.64. The van der Waals surface area contributed by atoms with Crippen LogP contribution in [0.2, 0.25) is 0 Å². The first-order chi connectivity index (χ1) is 10.8. The third-order valence-electron chi connectivity index (χ3n) is 3.71. The van der Waals surface area contributed by atoms with Gasteiger partial charge in [0.2, 0.25) is 5.91 Å². The summed E-state index contributed by atoms with van der Waals surface area (Å²) in [5.41, 5.74) is 2.24. The number of carbonyl (C=O) groups is 1. The minimum absolute atomic E-state index is 0.0729. The maximum atomic E-state index is 12.4. The monoisotopic (exact) mass is 333 g/mol. The van der Waals surface area contributed by atoms with E-state index in [1.807, 2.05) is 18.2 Å². The van der Waals surface area contributed by atoms with E-state index in [-0.39, 0.29) is 11.8 Å². The van der Waals surface area contributed by atoms with Crippen LogP contribution in [0.15, 0.2) is 46.0 Å². The number of para-hydroxylation sites is 1. The van der Waals surface area contributed by atoms with E-state index < -0.39 is 0 Å². The number of ether oxygens (including phenoxy) is 1. The molecule has 1 fully saturated rings. The Morgan fingerprint density at radius 3 is 2.86 bits per heavy atom. The van der Waals surface area contributed by atoms with Crippen molar-refractivity contribution in [3.8, 4) is 0 Å². The number of anilines is 1. The van der Waals surface area contributed by atoms with Crippen LogP contribution in [0.3, 0.4) is 0 Å². The zero-order chi connectivity index (χ0) is 15.2. The number of carbonyl (C=O) groups excluding carboxylic acids is 1. The molecule has 0 radical (unpaired) electrons. The van der Waals surface area contributed by atoms with Crippen LogP contribution >= 0.6 is 23.1 Å². The van der Waals surface area contributed by atoms with Crippen LogP contribution < -0.4 is 5.32 Å². The molecule has 0 bridgehead atoms. The maximum absolute atomic E-state index is 12.4. The largest absolute Gasteiger partial charge is 0.381 e. The van der Waals surface area contributed by atoms with Gasteiger partial charge in [0.05, 0.1) is 5.69 Å². The number of hydrogen-bond donors (Lipinski definition) is 1. The first-order valence-electron chi connectivity index (χ1n) is 7.44. The van der Waals surface area contributed by atoms with Gasteiger partial charge in [-0.05, 0) is 47.4 Å². The molecule has 0 unspecified atom stereocenters. The smallest absolute Gasteiger partial charge is 0.227 e. The van der Waals surface area contributed by atoms with Crippen LogP contribution in [-0.2, 0) is 15.3 Å². The molecule has 2 aromatic rings. The molecule has 1 aromatic carbocycles. The van der Waals surface area contributed by atoms with E-state index in [9.17, 15) is 4.79 Å². The molecule has 1 aromatic heterocycles. The molecule has 1 aliphatic heterocycles. The van der Waals surface area contributed by atoms with Crippen molar-refractivity contribution in [2.45, 2.75) is 23.5 Å². The SMILES string of the molecule is O=C(Nc1ccccc1SCc1ccsc1)C1CCOCC1. The summed E-state index contributed by atoms with van der Waals surface area (Å²) in [6, 6.07) is 10.2. The average Bonchev–Trinajstić information content (AvgIpc) is 3.08. The molecule has 5 heteroatoms. The van der Waals surface area contributed by atoms with Crippen molar-refractivity contribution in [1.29, 1.82) is 0 Å². The molecule has 0 spiro atoms. The standard InChI is InChI=1S/C17H19NO2S2/c19-17(14-5-8-20-9-6-14)18-15-3-1-2-4-16(15)22-12-13-7-10-21-11-13/h1-4,7,10-11,14H,5-6,8-9,12H2,(H,18,19). The van der Waals surface area contributed by atoms with Gasteiger partial charge in [-0.3, -0.25) is 4.79 Å². The predicted octanol–water partition coefficient (Wildman–Crippen LogP) is 4.41. The lowest BCUT2D eigenvalue weighted by Gasteiger charge is -2.21. The Kier molecular flexibility index (Phi) is 5.53. The second-order valence-corrected chi connectivity index (χ2v) is 7.09. The zero-order valence-corrected chi connectivity index (χ0v) is 13.9. The highest BCUT2D eigenvalue weighted by Crippen LogP contribution is 2.31.